The van der Waals surface area contributed by atoms with Crippen molar-refractivity contribution in [1.29, 1.82) is 0 Å². The van der Waals surface area contributed by atoms with E-state index in [4.69, 9.17) is 34.8 Å². The highest BCUT2D eigenvalue weighted by Gasteiger charge is 2.38. The minimum absolute atomic E-state index is 0.452. The third-order valence-electron chi connectivity index (χ3n) is 1.55. The molecule has 0 rings (SSSR count). The number of nitrogens with zero attached hydrogens (tertiary/aromatic N) is 1. The van der Waals surface area contributed by atoms with E-state index in [9.17, 15) is 4.79 Å². The Kier molecular flexibility index (Phi) is 3.91. The molecule has 12 heavy (non-hydrogen) atoms. The van der Waals surface area contributed by atoms with Crippen molar-refractivity contribution in [3.63, 3.8) is 0 Å². The highest BCUT2D eigenvalue weighted by molar-refractivity contribution is 6.81. The van der Waals surface area contributed by atoms with Crippen molar-refractivity contribution in [1.82, 2.24) is 4.57 Å². The molecule has 0 aromatic carbocycles. The molecule has 6 heteroatoms. The summed E-state index contributed by atoms with van der Waals surface area (Å²) in [5, 5.41) is 0. The number of hydrogen-bond acceptors (Lipinski definition) is 1. The molecular weight excluding hydrogens is 237 g/mol. The van der Waals surface area contributed by atoms with E-state index in [0.29, 0.717) is 0 Å². The summed E-state index contributed by atoms with van der Waals surface area (Å²) in [7, 11) is -0.0399. The fourth-order valence-electron chi connectivity index (χ4n) is 0.495. The molecule has 2 nitrogen and oxygen atoms in total. The number of hydrogen-bond donors (Lipinski definition) is 0. The summed E-state index contributed by atoms with van der Waals surface area (Å²) in [5.74, 6) is -0.452. The van der Waals surface area contributed by atoms with E-state index in [1.54, 1.807) is 11.6 Å². The molecule has 0 aromatic heterocycles. The van der Waals surface area contributed by atoms with Crippen LogP contribution in [-0.2, 0) is 4.79 Å². The Bertz CT molecular complexity index is 184. The predicted molar refractivity (Wildman–Crippen MR) is 56.4 cm³/mol. The van der Waals surface area contributed by atoms with Crippen molar-refractivity contribution in [2.24, 2.45) is 0 Å². The van der Waals surface area contributed by atoms with E-state index >= 15 is 0 Å². The van der Waals surface area contributed by atoms with Gasteiger partial charge in [-0.05, 0) is 0 Å². The minimum Gasteiger partial charge on any atom is -0.369 e. The van der Waals surface area contributed by atoms with Gasteiger partial charge in [-0.1, -0.05) is 54.4 Å². The second-order valence-corrected chi connectivity index (χ2v) is 10.8. The van der Waals surface area contributed by atoms with E-state index < -0.39 is 17.9 Å². The molecule has 72 valence electrons. The second-order valence-electron chi connectivity index (χ2n) is 3.53. The lowest BCUT2D eigenvalue weighted by molar-refractivity contribution is -0.125. The van der Waals surface area contributed by atoms with Crippen LogP contribution in [0.1, 0.15) is 0 Å². The molecule has 0 aliphatic carbocycles. The minimum atomic E-state index is -1.82. The van der Waals surface area contributed by atoms with E-state index in [1.165, 1.54) is 0 Å². The maximum Gasteiger partial charge on any atom is 0.268 e. The van der Waals surface area contributed by atoms with Crippen LogP contribution >= 0.6 is 34.8 Å². The Morgan fingerprint density at radius 2 is 1.58 bits per heavy atom. The van der Waals surface area contributed by atoms with Crippen molar-refractivity contribution in [2.45, 2.75) is 23.4 Å². The van der Waals surface area contributed by atoms with Crippen LogP contribution in [0, 0.1) is 0 Å². The number of carbonyl (C=O) groups is 1. The standard InChI is InChI=1S/C6H12Cl3NOSi/c1-10(12(2,3)4)5(11)6(7,8)9/h1-4H3. The van der Waals surface area contributed by atoms with Crippen LogP contribution in [0.25, 0.3) is 0 Å². The van der Waals surface area contributed by atoms with E-state index in [1.807, 2.05) is 19.6 Å². The first-order valence-electron chi connectivity index (χ1n) is 3.42. The van der Waals surface area contributed by atoms with Crippen molar-refractivity contribution < 1.29 is 4.79 Å². The molecule has 0 bridgehead atoms. The van der Waals surface area contributed by atoms with E-state index in [2.05, 4.69) is 0 Å². The van der Waals surface area contributed by atoms with Gasteiger partial charge in [-0.15, -0.1) is 0 Å². The Morgan fingerprint density at radius 3 is 1.67 bits per heavy atom. The zero-order valence-electron chi connectivity index (χ0n) is 7.49. The zero-order valence-corrected chi connectivity index (χ0v) is 10.8. The molecule has 0 saturated heterocycles. The van der Waals surface area contributed by atoms with Gasteiger partial charge in [0.1, 0.15) is 0 Å². The summed E-state index contributed by atoms with van der Waals surface area (Å²) in [6, 6.07) is 0. The number of alkyl halides is 3. The van der Waals surface area contributed by atoms with Crippen LogP contribution in [0.15, 0.2) is 0 Å². The number of rotatable bonds is 1. The lowest BCUT2D eigenvalue weighted by atomic mass is 10.7. The van der Waals surface area contributed by atoms with Gasteiger partial charge in [-0.3, -0.25) is 4.79 Å². The molecule has 0 heterocycles. The summed E-state index contributed by atoms with van der Waals surface area (Å²) in [6.07, 6.45) is 0. The summed E-state index contributed by atoms with van der Waals surface area (Å²) in [5.41, 5.74) is 0. The van der Waals surface area contributed by atoms with Crippen molar-refractivity contribution in [2.75, 3.05) is 7.05 Å². The van der Waals surface area contributed by atoms with Gasteiger partial charge >= 0.3 is 0 Å². The second kappa shape index (κ2) is 3.74. The lowest BCUT2D eigenvalue weighted by Crippen LogP contribution is -2.51. The Hall–Kier alpha value is 0.557. The Morgan fingerprint density at radius 1 is 1.25 bits per heavy atom. The molecule has 0 atom stereocenters. The van der Waals surface area contributed by atoms with Gasteiger partial charge in [0.25, 0.3) is 9.70 Å². The van der Waals surface area contributed by atoms with Gasteiger partial charge in [-0.2, -0.15) is 0 Å². The molecule has 0 aliphatic heterocycles. The van der Waals surface area contributed by atoms with E-state index in [0.717, 1.165) is 0 Å². The summed E-state index contributed by atoms with van der Waals surface area (Å²) in [4.78, 5) is 11.4. The Labute approximate surface area is 88.9 Å². The average Bonchev–Trinajstić information content (AvgIpc) is 1.80. The highest BCUT2D eigenvalue weighted by Crippen LogP contribution is 2.29. The summed E-state index contributed by atoms with van der Waals surface area (Å²) < 4.78 is -0.283. The monoisotopic (exact) mass is 247 g/mol. The van der Waals surface area contributed by atoms with Crippen LogP contribution in [-0.4, -0.2) is 29.5 Å². The van der Waals surface area contributed by atoms with Crippen molar-refractivity contribution in [3.05, 3.63) is 0 Å². The van der Waals surface area contributed by atoms with Crippen molar-refractivity contribution in [3.8, 4) is 0 Å². The highest BCUT2D eigenvalue weighted by atomic mass is 35.6. The number of amides is 1. The third-order valence-corrected chi connectivity index (χ3v) is 4.25. The summed E-state index contributed by atoms with van der Waals surface area (Å²) >= 11 is 16.3. The molecule has 0 radical (unpaired) electrons. The fraction of sp³-hybridized carbons (Fsp3) is 0.833. The molecular formula is C6H12Cl3NOSi. The van der Waals surface area contributed by atoms with Crippen LogP contribution in [0.3, 0.4) is 0 Å². The SMILES string of the molecule is CN(C(=O)C(Cl)(Cl)Cl)[Si](C)(C)C. The molecule has 0 fully saturated rings. The van der Waals surface area contributed by atoms with Gasteiger partial charge in [0.2, 0.25) is 0 Å². The van der Waals surface area contributed by atoms with Crippen LogP contribution in [0.5, 0.6) is 0 Å². The quantitative estimate of drug-likeness (QED) is 0.516. The number of halogens is 3. The first-order chi connectivity index (χ1) is 5.07. The van der Waals surface area contributed by atoms with Crippen LogP contribution in [0.2, 0.25) is 19.6 Å². The number of carbonyl (C=O) groups excluding carboxylic acids is 1. The molecule has 0 saturated carbocycles. The largest absolute Gasteiger partial charge is 0.369 e. The normalized spacial score (nSPS) is 12.9. The first-order valence-corrected chi connectivity index (χ1v) is 8.00. The maximum absolute atomic E-state index is 11.4. The molecule has 0 spiro atoms. The smallest absolute Gasteiger partial charge is 0.268 e. The van der Waals surface area contributed by atoms with Gasteiger partial charge in [-0.25, -0.2) is 0 Å². The molecule has 0 aliphatic rings. The average molecular weight is 249 g/mol. The van der Waals surface area contributed by atoms with Crippen LogP contribution in [0.4, 0.5) is 0 Å². The molecule has 0 unspecified atom stereocenters. The predicted octanol–water partition coefficient (Wildman–Crippen LogP) is 2.65. The maximum atomic E-state index is 11.4. The van der Waals surface area contributed by atoms with E-state index in [-0.39, 0.29) is 0 Å². The van der Waals surface area contributed by atoms with Gasteiger partial charge in [0.15, 0.2) is 8.24 Å². The topological polar surface area (TPSA) is 20.3 Å². The molecule has 0 aromatic rings. The lowest BCUT2D eigenvalue weighted by Gasteiger charge is -2.32. The van der Waals surface area contributed by atoms with Gasteiger partial charge in [0.05, 0.1) is 0 Å². The molecule has 1 amide bonds. The third kappa shape index (κ3) is 3.52. The van der Waals surface area contributed by atoms with Crippen LogP contribution < -0.4 is 0 Å². The fourth-order valence-corrected chi connectivity index (χ4v) is 1.86. The first kappa shape index (κ1) is 12.6. The zero-order chi connectivity index (χ0) is 10.2. The van der Waals surface area contributed by atoms with Gasteiger partial charge < -0.3 is 4.57 Å². The Balaban J connectivity index is 4.53. The van der Waals surface area contributed by atoms with Gasteiger partial charge in [0, 0.05) is 7.05 Å². The van der Waals surface area contributed by atoms with Crippen molar-refractivity contribution >= 4 is 48.9 Å². The summed E-state index contributed by atoms with van der Waals surface area (Å²) in [6.45, 7) is 6.00. The molecule has 0 N–H and O–H groups in total.